The number of nitrogens with zero attached hydrogens (tertiary/aromatic N) is 4. The Morgan fingerprint density at radius 1 is 1.06 bits per heavy atom. The predicted molar refractivity (Wildman–Crippen MR) is 131 cm³/mol. The van der Waals surface area contributed by atoms with Gasteiger partial charge in [-0.15, -0.1) is 0 Å². The number of benzene rings is 2. The van der Waals surface area contributed by atoms with Crippen LogP contribution in [0.2, 0.25) is 0 Å². The molecule has 1 amide bonds. The summed E-state index contributed by atoms with van der Waals surface area (Å²) in [5.41, 5.74) is 6.36. The first-order valence-electron chi connectivity index (χ1n) is 11.1. The molecule has 2 aromatic carbocycles. The summed E-state index contributed by atoms with van der Waals surface area (Å²) >= 11 is 1.70. The van der Waals surface area contributed by atoms with Gasteiger partial charge in [0.1, 0.15) is 0 Å². The monoisotopic (exact) mass is 458 g/mol. The number of imidazole rings is 1. The number of fused-ring (bicyclic) bond motifs is 1. The van der Waals surface area contributed by atoms with Crippen LogP contribution in [-0.4, -0.2) is 51.6 Å². The molecule has 3 heterocycles. The van der Waals surface area contributed by atoms with E-state index in [0.717, 1.165) is 39.6 Å². The molecule has 168 valence electrons. The topological polar surface area (TPSA) is 60.2 Å². The highest BCUT2D eigenvalue weighted by Gasteiger charge is 2.18. The molecule has 1 aliphatic heterocycles. The lowest BCUT2D eigenvalue weighted by Gasteiger charge is -2.26. The molecule has 0 unspecified atom stereocenters. The zero-order valence-corrected chi connectivity index (χ0v) is 19.4. The van der Waals surface area contributed by atoms with Crippen LogP contribution in [0.4, 0.5) is 0 Å². The molecule has 0 N–H and O–H groups in total. The molecule has 5 rings (SSSR count). The van der Waals surface area contributed by atoms with Gasteiger partial charge in [0, 0.05) is 30.6 Å². The van der Waals surface area contributed by atoms with Crippen molar-refractivity contribution >= 4 is 28.7 Å². The molecule has 2 aromatic heterocycles. The molecule has 0 bridgehead atoms. The molecule has 0 radical (unpaired) electrons. The number of carbonyl (C=O) groups excluding carboxylic acids is 1. The third kappa shape index (κ3) is 4.94. The van der Waals surface area contributed by atoms with E-state index in [-0.39, 0.29) is 5.91 Å². The molecule has 1 fully saturated rings. The average Bonchev–Trinajstić information content (AvgIpc) is 3.20. The first-order valence-corrected chi connectivity index (χ1v) is 12.1. The first-order chi connectivity index (χ1) is 16.2. The van der Waals surface area contributed by atoms with Crippen molar-refractivity contribution in [3.8, 4) is 0 Å². The first kappa shape index (κ1) is 21.7. The predicted octanol–water partition coefficient (Wildman–Crippen LogP) is 4.55. The van der Waals surface area contributed by atoms with E-state index < -0.39 is 0 Å². The summed E-state index contributed by atoms with van der Waals surface area (Å²) in [4.78, 5) is 23.7. The van der Waals surface area contributed by atoms with Crippen LogP contribution in [0, 0.1) is 6.92 Å². The van der Waals surface area contributed by atoms with E-state index in [9.17, 15) is 4.79 Å². The number of amides is 1. The van der Waals surface area contributed by atoms with Crippen LogP contribution in [0.5, 0.6) is 0 Å². The van der Waals surface area contributed by atoms with Gasteiger partial charge in [-0.05, 0) is 36.2 Å². The van der Waals surface area contributed by atoms with Crippen LogP contribution in [-0.2, 0) is 17.0 Å². The zero-order chi connectivity index (χ0) is 22.6. The van der Waals surface area contributed by atoms with Gasteiger partial charge in [-0.1, -0.05) is 53.7 Å². The summed E-state index contributed by atoms with van der Waals surface area (Å²) in [7, 11) is 0. The highest BCUT2D eigenvalue weighted by atomic mass is 32.2. The third-order valence-electron chi connectivity index (χ3n) is 5.81. The maximum Gasteiger partial charge on any atom is 0.254 e. The second-order valence-electron chi connectivity index (χ2n) is 8.22. The summed E-state index contributed by atoms with van der Waals surface area (Å²) in [6.45, 7) is 5.39. The van der Waals surface area contributed by atoms with Crippen molar-refractivity contribution in [1.82, 2.24) is 19.4 Å². The van der Waals surface area contributed by atoms with E-state index in [2.05, 4.69) is 40.7 Å². The third-order valence-corrected chi connectivity index (χ3v) is 6.85. The minimum absolute atomic E-state index is 0.0740. The van der Waals surface area contributed by atoms with Gasteiger partial charge in [0.25, 0.3) is 5.91 Å². The van der Waals surface area contributed by atoms with E-state index >= 15 is 0 Å². The van der Waals surface area contributed by atoms with Crippen LogP contribution < -0.4 is 0 Å². The maximum absolute atomic E-state index is 12.7. The fourth-order valence-electron chi connectivity index (χ4n) is 4.04. The van der Waals surface area contributed by atoms with Crippen molar-refractivity contribution < 1.29 is 9.53 Å². The molecule has 1 aliphatic rings. The van der Waals surface area contributed by atoms with Gasteiger partial charge >= 0.3 is 0 Å². The van der Waals surface area contributed by atoms with Crippen LogP contribution in [0.1, 0.15) is 27.0 Å². The van der Waals surface area contributed by atoms with Crippen LogP contribution in [0.25, 0.3) is 11.0 Å². The van der Waals surface area contributed by atoms with Gasteiger partial charge in [0.15, 0.2) is 5.16 Å². The van der Waals surface area contributed by atoms with Crippen molar-refractivity contribution in [1.29, 1.82) is 0 Å². The number of carbonyl (C=O) groups is 1. The number of morpholine rings is 1. The van der Waals surface area contributed by atoms with E-state index in [0.29, 0.717) is 26.3 Å². The van der Waals surface area contributed by atoms with Crippen molar-refractivity contribution in [3.05, 3.63) is 89.2 Å². The molecule has 0 saturated carbocycles. The second kappa shape index (κ2) is 9.77. The minimum atomic E-state index is 0.0740. The molecule has 6 nitrogen and oxygen atoms in total. The zero-order valence-electron chi connectivity index (χ0n) is 18.6. The van der Waals surface area contributed by atoms with Gasteiger partial charge in [-0.25, -0.2) is 4.98 Å². The summed E-state index contributed by atoms with van der Waals surface area (Å²) < 4.78 is 7.58. The van der Waals surface area contributed by atoms with Crippen LogP contribution >= 0.6 is 11.8 Å². The number of ether oxygens (including phenoxy) is 1. The molecule has 4 aromatic rings. The maximum atomic E-state index is 12.7. The lowest BCUT2D eigenvalue weighted by Crippen LogP contribution is -2.40. The lowest BCUT2D eigenvalue weighted by molar-refractivity contribution is 0.0303. The Kier molecular flexibility index (Phi) is 6.41. The summed E-state index contributed by atoms with van der Waals surface area (Å²) in [5, 5.41) is 0.966. The molecule has 33 heavy (non-hydrogen) atoms. The molecular weight excluding hydrogens is 432 g/mol. The largest absolute Gasteiger partial charge is 0.378 e. The average molecular weight is 459 g/mol. The second-order valence-corrected chi connectivity index (χ2v) is 9.17. The SMILES string of the molecule is Cc1cccc(Cn2c(SCc3ccc(C(=O)N4CCOCC4)cc3)nc3ccncc32)c1. The highest BCUT2D eigenvalue weighted by Crippen LogP contribution is 2.28. The van der Waals surface area contributed by atoms with Gasteiger partial charge in [-0.3, -0.25) is 9.78 Å². The number of aryl methyl sites for hydroxylation is 1. The molecule has 7 heteroatoms. The summed E-state index contributed by atoms with van der Waals surface area (Å²) in [6.07, 6.45) is 3.67. The van der Waals surface area contributed by atoms with E-state index in [1.165, 1.54) is 11.1 Å². The van der Waals surface area contributed by atoms with Crippen LogP contribution in [0.3, 0.4) is 0 Å². The summed E-state index contributed by atoms with van der Waals surface area (Å²) in [6, 6.07) is 18.4. The van der Waals surface area contributed by atoms with E-state index in [1.807, 2.05) is 41.4 Å². The Morgan fingerprint density at radius 2 is 1.88 bits per heavy atom. The van der Waals surface area contributed by atoms with Crippen molar-refractivity contribution in [2.24, 2.45) is 0 Å². The van der Waals surface area contributed by atoms with Gasteiger partial charge in [0.05, 0.1) is 37.0 Å². The Morgan fingerprint density at radius 3 is 2.67 bits per heavy atom. The standard InChI is InChI=1S/C26H26N4O2S/c1-19-3-2-4-21(15-19)17-30-24-16-27-10-9-23(24)28-26(30)33-18-20-5-7-22(8-6-20)25(31)29-11-13-32-14-12-29/h2-10,15-16H,11-14,17-18H2,1H3. The Balaban J connectivity index is 1.32. The highest BCUT2D eigenvalue weighted by molar-refractivity contribution is 7.98. The fourth-order valence-corrected chi connectivity index (χ4v) is 5.01. The summed E-state index contributed by atoms with van der Waals surface area (Å²) in [5.74, 6) is 0.848. The molecule has 0 atom stereocenters. The number of thioether (sulfide) groups is 1. The number of rotatable bonds is 6. The molecule has 0 aliphatic carbocycles. The fraction of sp³-hybridized carbons (Fsp3) is 0.269. The Hall–Kier alpha value is -3.16. The number of hydrogen-bond acceptors (Lipinski definition) is 5. The van der Waals surface area contributed by atoms with Crippen LogP contribution in [0.15, 0.2) is 72.1 Å². The Bertz CT molecular complexity index is 1260. The molecular formula is C26H26N4O2S. The number of hydrogen-bond donors (Lipinski definition) is 0. The molecule has 1 saturated heterocycles. The molecule has 0 spiro atoms. The number of pyridine rings is 1. The smallest absolute Gasteiger partial charge is 0.254 e. The van der Waals surface area contributed by atoms with Crippen molar-refractivity contribution in [3.63, 3.8) is 0 Å². The van der Waals surface area contributed by atoms with E-state index in [4.69, 9.17) is 9.72 Å². The van der Waals surface area contributed by atoms with Gasteiger partial charge in [0.2, 0.25) is 0 Å². The number of aromatic nitrogens is 3. The van der Waals surface area contributed by atoms with E-state index in [1.54, 1.807) is 18.0 Å². The van der Waals surface area contributed by atoms with Crippen molar-refractivity contribution in [2.75, 3.05) is 26.3 Å². The van der Waals surface area contributed by atoms with Gasteiger partial charge < -0.3 is 14.2 Å². The quantitative estimate of drug-likeness (QED) is 0.397. The van der Waals surface area contributed by atoms with Gasteiger partial charge in [-0.2, -0.15) is 0 Å². The van der Waals surface area contributed by atoms with Crippen molar-refractivity contribution in [2.45, 2.75) is 24.4 Å². The normalized spacial score (nSPS) is 14.0. The minimum Gasteiger partial charge on any atom is -0.378 e. The Labute approximate surface area is 197 Å². The lowest BCUT2D eigenvalue weighted by atomic mass is 10.1.